The van der Waals surface area contributed by atoms with Gasteiger partial charge in [0.1, 0.15) is 11.3 Å². The van der Waals surface area contributed by atoms with Gasteiger partial charge in [-0.05, 0) is 11.6 Å². The molecule has 0 amide bonds. The number of rotatable bonds is 4. The number of alkyl halides is 3. The Labute approximate surface area is 110 Å². The highest BCUT2D eigenvalue weighted by atomic mass is 35.5. The molecule has 1 aromatic rings. The van der Waals surface area contributed by atoms with Gasteiger partial charge in [0, 0.05) is 6.20 Å². The van der Waals surface area contributed by atoms with Gasteiger partial charge < -0.3 is 15.3 Å². The molecule has 0 radical (unpaired) electrons. The van der Waals surface area contributed by atoms with E-state index in [0.717, 1.165) is 6.07 Å². The van der Waals surface area contributed by atoms with E-state index in [0.29, 0.717) is 6.20 Å². The molecule has 0 aliphatic carbocycles. The highest BCUT2D eigenvalue weighted by Crippen LogP contribution is 2.36. The van der Waals surface area contributed by atoms with E-state index in [1.54, 1.807) is 0 Å². The minimum Gasteiger partial charge on any atom is -0.481 e. The minimum atomic E-state index is -4.81. The maximum atomic E-state index is 12.7. The smallest absolute Gasteiger partial charge is 0.418 e. The Morgan fingerprint density at radius 2 is 2.00 bits per heavy atom. The molecule has 0 saturated heterocycles. The van der Waals surface area contributed by atoms with Gasteiger partial charge in [-0.15, -0.1) is 0 Å². The van der Waals surface area contributed by atoms with Crippen molar-refractivity contribution in [3.63, 3.8) is 0 Å². The quantitative estimate of drug-likeness (QED) is 0.735. The lowest BCUT2D eigenvalue weighted by Crippen LogP contribution is -2.24. The third-order valence-corrected chi connectivity index (χ3v) is 2.48. The molecule has 0 aliphatic heterocycles. The lowest BCUT2D eigenvalue weighted by molar-refractivity contribution is -0.142. The van der Waals surface area contributed by atoms with E-state index in [-0.39, 0.29) is 5.15 Å². The summed E-state index contributed by atoms with van der Waals surface area (Å²) in [4.78, 5) is 13.6. The van der Waals surface area contributed by atoms with Crippen LogP contribution in [0.25, 0.3) is 0 Å². The Bertz CT molecular complexity index is 480. The topological polar surface area (TPSA) is 90.7 Å². The zero-order valence-corrected chi connectivity index (χ0v) is 9.98. The number of carboxylic acid groups (broad SMARTS) is 1. The van der Waals surface area contributed by atoms with Gasteiger partial charge in [-0.3, -0.25) is 4.79 Å². The summed E-state index contributed by atoms with van der Waals surface area (Å²) in [5, 5.41) is 27.1. The maximum absolute atomic E-state index is 12.7. The van der Waals surface area contributed by atoms with Crippen molar-refractivity contribution in [2.75, 3.05) is 0 Å². The molecule has 0 spiro atoms. The molecule has 5 nitrogen and oxygen atoms in total. The van der Waals surface area contributed by atoms with Crippen molar-refractivity contribution in [3.8, 4) is 0 Å². The number of aliphatic hydroxyl groups excluding tert-OH is 2. The van der Waals surface area contributed by atoms with Crippen LogP contribution >= 0.6 is 11.6 Å². The largest absolute Gasteiger partial charge is 0.481 e. The second kappa shape index (κ2) is 5.72. The van der Waals surface area contributed by atoms with Gasteiger partial charge in [-0.1, -0.05) is 11.6 Å². The summed E-state index contributed by atoms with van der Waals surface area (Å²) < 4.78 is 38.0. The van der Waals surface area contributed by atoms with Crippen molar-refractivity contribution in [3.05, 3.63) is 28.5 Å². The van der Waals surface area contributed by atoms with Crippen molar-refractivity contribution in [1.82, 2.24) is 4.98 Å². The highest BCUT2D eigenvalue weighted by molar-refractivity contribution is 6.29. The first kappa shape index (κ1) is 15.7. The Hall–Kier alpha value is -1.38. The van der Waals surface area contributed by atoms with E-state index in [1.165, 1.54) is 0 Å². The molecule has 19 heavy (non-hydrogen) atoms. The summed E-state index contributed by atoms with van der Waals surface area (Å²) in [6.07, 6.45) is -9.23. The van der Waals surface area contributed by atoms with Crippen LogP contribution in [0.15, 0.2) is 12.3 Å². The molecule has 1 rings (SSSR count). The first-order chi connectivity index (χ1) is 8.62. The average molecular weight is 300 g/mol. The van der Waals surface area contributed by atoms with Crippen LogP contribution in [0.1, 0.15) is 23.7 Å². The summed E-state index contributed by atoms with van der Waals surface area (Å²) in [6.45, 7) is 0. The molecule has 0 fully saturated rings. The van der Waals surface area contributed by atoms with Crippen LogP contribution in [-0.4, -0.2) is 32.4 Å². The summed E-state index contributed by atoms with van der Waals surface area (Å²) in [7, 11) is 0. The number of carboxylic acids is 1. The molecular formula is C10H9ClF3NO4. The van der Waals surface area contributed by atoms with Crippen LogP contribution in [0.3, 0.4) is 0 Å². The number of pyridine rings is 1. The SMILES string of the molecule is O=C(O)CC(O)C(O)c1cc(Cl)ncc1C(F)(F)F. The van der Waals surface area contributed by atoms with E-state index >= 15 is 0 Å². The third kappa shape index (κ3) is 4.05. The zero-order valence-electron chi connectivity index (χ0n) is 9.23. The lowest BCUT2D eigenvalue weighted by Gasteiger charge is -2.20. The maximum Gasteiger partial charge on any atom is 0.418 e. The van der Waals surface area contributed by atoms with Crippen LogP contribution in [0.4, 0.5) is 13.2 Å². The van der Waals surface area contributed by atoms with Crippen LogP contribution < -0.4 is 0 Å². The lowest BCUT2D eigenvalue weighted by atomic mass is 9.98. The summed E-state index contributed by atoms with van der Waals surface area (Å²) >= 11 is 5.43. The van der Waals surface area contributed by atoms with Gasteiger partial charge in [0.2, 0.25) is 0 Å². The zero-order chi connectivity index (χ0) is 14.8. The van der Waals surface area contributed by atoms with Crippen LogP contribution in [0.2, 0.25) is 5.15 Å². The van der Waals surface area contributed by atoms with E-state index in [9.17, 15) is 28.2 Å². The Morgan fingerprint density at radius 1 is 1.42 bits per heavy atom. The molecule has 106 valence electrons. The van der Waals surface area contributed by atoms with Crippen molar-refractivity contribution < 1.29 is 33.3 Å². The first-order valence-electron chi connectivity index (χ1n) is 4.93. The van der Waals surface area contributed by atoms with Crippen LogP contribution in [0, 0.1) is 0 Å². The molecule has 2 unspecified atom stereocenters. The third-order valence-electron chi connectivity index (χ3n) is 2.27. The molecule has 0 aromatic carbocycles. The van der Waals surface area contributed by atoms with E-state index in [1.807, 2.05) is 0 Å². The number of hydrogen-bond donors (Lipinski definition) is 3. The molecule has 1 aromatic heterocycles. The number of aromatic nitrogens is 1. The van der Waals surface area contributed by atoms with Gasteiger partial charge in [0.15, 0.2) is 0 Å². The van der Waals surface area contributed by atoms with Gasteiger partial charge >= 0.3 is 12.1 Å². The molecule has 0 aliphatic rings. The number of halogens is 4. The first-order valence-corrected chi connectivity index (χ1v) is 5.31. The Balaban J connectivity index is 3.17. The number of carbonyl (C=O) groups is 1. The van der Waals surface area contributed by atoms with Crippen LogP contribution in [-0.2, 0) is 11.0 Å². The van der Waals surface area contributed by atoms with Crippen molar-refractivity contribution >= 4 is 17.6 Å². The molecule has 0 bridgehead atoms. The predicted molar refractivity (Wildman–Crippen MR) is 57.5 cm³/mol. The minimum absolute atomic E-state index is 0.315. The normalized spacial score (nSPS) is 15.1. The fourth-order valence-corrected chi connectivity index (χ4v) is 1.59. The highest BCUT2D eigenvalue weighted by Gasteiger charge is 2.37. The average Bonchev–Trinajstić information content (AvgIpc) is 2.25. The Kier molecular flexibility index (Phi) is 4.72. The number of aliphatic hydroxyl groups is 2. The molecule has 9 heteroatoms. The van der Waals surface area contributed by atoms with Gasteiger partial charge in [0.05, 0.1) is 18.1 Å². The molecule has 2 atom stereocenters. The second-order valence-corrected chi connectivity index (χ2v) is 4.09. The number of aliphatic carboxylic acids is 1. The fraction of sp³-hybridized carbons (Fsp3) is 0.400. The molecule has 3 N–H and O–H groups in total. The molecule has 1 heterocycles. The van der Waals surface area contributed by atoms with Crippen LogP contribution in [0.5, 0.6) is 0 Å². The second-order valence-electron chi connectivity index (χ2n) is 3.70. The van der Waals surface area contributed by atoms with Gasteiger partial charge in [-0.2, -0.15) is 13.2 Å². The van der Waals surface area contributed by atoms with E-state index in [4.69, 9.17) is 16.7 Å². The van der Waals surface area contributed by atoms with Crippen molar-refractivity contribution in [1.29, 1.82) is 0 Å². The summed E-state index contributed by atoms with van der Waals surface area (Å²) in [5.74, 6) is -1.46. The van der Waals surface area contributed by atoms with Gasteiger partial charge in [-0.25, -0.2) is 4.98 Å². The standard InChI is InChI=1S/C10H9ClF3NO4/c11-7-1-4(5(3-15-7)10(12,13)14)9(19)6(16)2-8(17)18/h1,3,6,9,16,19H,2H2,(H,17,18). The fourth-order valence-electron chi connectivity index (χ4n) is 1.42. The summed E-state index contributed by atoms with van der Waals surface area (Å²) in [5.41, 5.74) is -2.00. The molecule has 0 saturated carbocycles. The van der Waals surface area contributed by atoms with E-state index in [2.05, 4.69) is 4.98 Å². The summed E-state index contributed by atoms with van der Waals surface area (Å²) in [6, 6.07) is 0.736. The van der Waals surface area contributed by atoms with E-state index < -0.39 is 41.9 Å². The van der Waals surface area contributed by atoms with Gasteiger partial charge in [0.25, 0.3) is 0 Å². The number of hydrogen-bond acceptors (Lipinski definition) is 4. The molecular weight excluding hydrogens is 291 g/mol. The van der Waals surface area contributed by atoms with Crippen molar-refractivity contribution in [2.45, 2.75) is 24.8 Å². The van der Waals surface area contributed by atoms with Crippen molar-refractivity contribution in [2.24, 2.45) is 0 Å². The monoisotopic (exact) mass is 299 g/mol. The predicted octanol–water partition coefficient (Wildman–Crippen LogP) is 1.62. The Morgan fingerprint density at radius 3 is 2.47 bits per heavy atom. The number of nitrogens with zero attached hydrogens (tertiary/aromatic N) is 1.